The number of nitrogens with zero attached hydrogens (tertiary/aromatic N) is 2. The third kappa shape index (κ3) is 4.80. The second-order valence-electron chi connectivity index (χ2n) is 6.42. The van der Waals surface area contributed by atoms with Crippen LogP contribution in [0.4, 0.5) is 18.9 Å². The molecule has 2 aromatic carbocycles. The molecule has 1 unspecified atom stereocenters. The quantitative estimate of drug-likeness (QED) is 0.540. The predicted octanol–water partition coefficient (Wildman–Crippen LogP) is 4.92. The number of aromatic nitrogens is 1. The molecule has 0 radical (unpaired) electrons. The van der Waals surface area contributed by atoms with Gasteiger partial charge < -0.3 is 15.2 Å². The summed E-state index contributed by atoms with van der Waals surface area (Å²) in [6.45, 7) is 0. The Bertz CT molecular complexity index is 1100. The first kappa shape index (κ1) is 21.8. The van der Waals surface area contributed by atoms with Crippen molar-refractivity contribution in [2.75, 3.05) is 12.4 Å². The number of nitrogens with one attached hydrogen (secondary N) is 1. The van der Waals surface area contributed by atoms with Gasteiger partial charge in [-0.2, -0.15) is 13.2 Å². The predicted molar refractivity (Wildman–Crippen MR) is 106 cm³/mol. The number of ether oxygens (including phenoxy) is 1. The molecule has 0 saturated heterocycles. The van der Waals surface area contributed by atoms with Crippen molar-refractivity contribution in [3.05, 3.63) is 88.1 Å². The molecule has 7 nitrogen and oxygen atoms in total. The number of hydrogen-bond acceptors (Lipinski definition) is 6. The van der Waals surface area contributed by atoms with Crippen LogP contribution in [0.3, 0.4) is 0 Å². The molecular formula is C21H16F3N3O4. The highest BCUT2D eigenvalue weighted by atomic mass is 19.4. The van der Waals surface area contributed by atoms with Gasteiger partial charge in [0.1, 0.15) is 6.04 Å². The Morgan fingerprint density at radius 3 is 2.45 bits per heavy atom. The number of nitroso groups, excluding NO2 is 1. The molecule has 2 N–H and O–H groups in total. The molecule has 0 spiro atoms. The number of benzene rings is 2. The summed E-state index contributed by atoms with van der Waals surface area (Å²) in [6.07, 6.45) is -3.25. The van der Waals surface area contributed by atoms with Crippen molar-refractivity contribution in [2.45, 2.75) is 12.2 Å². The van der Waals surface area contributed by atoms with Gasteiger partial charge >= 0.3 is 6.18 Å². The van der Waals surface area contributed by atoms with Crippen molar-refractivity contribution in [3.63, 3.8) is 0 Å². The molecule has 3 aromatic rings. The van der Waals surface area contributed by atoms with E-state index < -0.39 is 29.4 Å². The van der Waals surface area contributed by atoms with E-state index in [1.54, 1.807) is 0 Å². The molecule has 0 bridgehead atoms. The minimum Gasteiger partial charge on any atom is -0.503 e. The maximum atomic E-state index is 12.9. The van der Waals surface area contributed by atoms with E-state index in [0.717, 1.165) is 12.1 Å². The highest BCUT2D eigenvalue weighted by molar-refractivity contribution is 6.05. The van der Waals surface area contributed by atoms with E-state index in [2.05, 4.69) is 15.5 Å². The molecule has 1 heterocycles. The number of hydrogen-bond donors (Lipinski definition) is 2. The zero-order valence-corrected chi connectivity index (χ0v) is 16.1. The maximum absolute atomic E-state index is 12.9. The van der Waals surface area contributed by atoms with Crippen LogP contribution in [0.5, 0.6) is 11.5 Å². The first-order valence-electron chi connectivity index (χ1n) is 8.87. The Morgan fingerprint density at radius 1 is 1.13 bits per heavy atom. The average molecular weight is 431 g/mol. The molecule has 31 heavy (non-hydrogen) atoms. The number of carbonyl (C=O) groups is 1. The van der Waals surface area contributed by atoms with Gasteiger partial charge in [-0.25, -0.2) is 4.98 Å². The normalized spacial score (nSPS) is 12.1. The molecule has 0 aliphatic carbocycles. The van der Waals surface area contributed by atoms with Crippen LogP contribution in [0.1, 0.15) is 33.2 Å². The number of amides is 1. The highest BCUT2D eigenvalue weighted by Gasteiger charge is 2.31. The van der Waals surface area contributed by atoms with E-state index in [1.165, 1.54) is 55.8 Å². The van der Waals surface area contributed by atoms with Crippen molar-refractivity contribution in [2.24, 2.45) is 5.18 Å². The van der Waals surface area contributed by atoms with E-state index in [9.17, 15) is 28.0 Å². The first-order chi connectivity index (χ1) is 14.7. The third-order valence-electron chi connectivity index (χ3n) is 4.44. The summed E-state index contributed by atoms with van der Waals surface area (Å²) in [5, 5.41) is 15.5. The first-order valence-corrected chi connectivity index (χ1v) is 8.87. The Kier molecular flexibility index (Phi) is 6.19. The zero-order chi connectivity index (χ0) is 22.6. The number of halogens is 3. The summed E-state index contributed by atoms with van der Waals surface area (Å²) in [7, 11) is 1.33. The number of rotatable bonds is 6. The van der Waals surface area contributed by atoms with Crippen LogP contribution in [0.25, 0.3) is 0 Å². The summed E-state index contributed by atoms with van der Waals surface area (Å²) in [6, 6.07) is 10.4. The smallest absolute Gasteiger partial charge is 0.416 e. The van der Waals surface area contributed by atoms with Crippen molar-refractivity contribution in [1.29, 1.82) is 0 Å². The van der Waals surface area contributed by atoms with Gasteiger partial charge in [0.25, 0.3) is 5.91 Å². The van der Waals surface area contributed by atoms with Gasteiger partial charge in [0.2, 0.25) is 0 Å². The van der Waals surface area contributed by atoms with E-state index in [4.69, 9.17) is 4.74 Å². The van der Waals surface area contributed by atoms with E-state index in [0.29, 0.717) is 11.3 Å². The van der Waals surface area contributed by atoms with Crippen molar-refractivity contribution >= 4 is 11.6 Å². The van der Waals surface area contributed by atoms with Crippen molar-refractivity contribution in [1.82, 2.24) is 4.98 Å². The SMILES string of the molecule is COc1ccnc(C(=O)Nc2ccc(C(N=O)c3cccc(C(F)(F)F)c3)cc2)c1O. The van der Waals surface area contributed by atoms with E-state index >= 15 is 0 Å². The van der Waals surface area contributed by atoms with Gasteiger partial charge in [0.05, 0.1) is 12.7 Å². The maximum Gasteiger partial charge on any atom is 0.416 e. The van der Waals surface area contributed by atoms with Gasteiger partial charge in [-0.05, 0) is 35.4 Å². The van der Waals surface area contributed by atoms with Crippen LogP contribution in [0.2, 0.25) is 0 Å². The molecule has 160 valence electrons. The van der Waals surface area contributed by atoms with Crippen LogP contribution < -0.4 is 10.1 Å². The molecule has 0 saturated carbocycles. The minimum atomic E-state index is -4.54. The van der Waals surface area contributed by atoms with Crippen molar-refractivity contribution in [3.8, 4) is 11.5 Å². The number of methoxy groups -OCH3 is 1. The largest absolute Gasteiger partial charge is 0.503 e. The lowest BCUT2D eigenvalue weighted by atomic mass is 9.97. The Labute approximate surface area is 174 Å². The standard InChI is InChI=1S/C21H16F3N3O4/c1-31-16-9-10-25-18(19(16)28)20(29)26-15-7-5-12(6-8-15)17(27-30)13-3-2-4-14(11-13)21(22,23)24/h2-11,17,28H,1H3,(H,26,29). The number of pyridine rings is 1. The molecule has 1 atom stereocenters. The Balaban J connectivity index is 1.81. The average Bonchev–Trinajstić information content (AvgIpc) is 2.75. The number of aromatic hydroxyl groups is 1. The van der Waals surface area contributed by atoms with Crippen LogP contribution in [-0.2, 0) is 6.18 Å². The fraction of sp³-hybridized carbons (Fsp3) is 0.143. The number of carbonyl (C=O) groups excluding carboxylic acids is 1. The Morgan fingerprint density at radius 2 is 1.84 bits per heavy atom. The summed E-state index contributed by atoms with van der Waals surface area (Å²) in [4.78, 5) is 27.5. The molecule has 3 rings (SSSR count). The third-order valence-corrected chi connectivity index (χ3v) is 4.44. The summed E-state index contributed by atoms with van der Waals surface area (Å²) < 4.78 is 43.8. The van der Waals surface area contributed by atoms with Crippen LogP contribution in [0, 0.1) is 4.91 Å². The lowest BCUT2D eigenvalue weighted by molar-refractivity contribution is -0.137. The van der Waals surface area contributed by atoms with Gasteiger partial charge in [-0.15, -0.1) is 4.91 Å². The van der Waals surface area contributed by atoms with E-state index in [-0.39, 0.29) is 17.0 Å². The summed E-state index contributed by atoms with van der Waals surface area (Å²) >= 11 is 0. The monoisotopic (exact) mass is 431 g/mol. The molecule has 1 aromatic heterocycles. The van der Waals surface area contributed by atoms with Gasteiger partial charge in [0.15, 0.2) is 17.2 Å². The number of anilines is 1. The lowest BCUT2D eigenvalue weighted by Gasteiger charge is -2.14. The zero-order valence-electron chi connectivity index (χ0n) is 16.1. The van der Waals surface area contributed by atoms with Crippen LogP contribution in [-0.4, -0.2) is 23.1 Å². The summed E-state index contributed by atoms with van der Waals surface area (Å²) in [5.41, 5.74) is -0.388. The van der Waals surface area contributed by atoms with Gasteiger partial charge in [-0.3, -0.25) is 4.79 Å². The molecule has 10 heteroatoms. The van der Waals surface area contributed by atoms with Crippen molar-refractivity contribution < 1.29 is 27.8 Å². The van der Waals surface area contributed by atoms with Gasteiger partial charge in [-0.1, -0.05) is 29.4 Å². The second-order valence-corrected chi connectivity index (χ2v) is 6.42. The molecule has 0 aliphatic heterocycles. The molecular weight excluding hydrogens is 415 g/mol. The van der Waals surface area contributed by atoms with Crippen LogP contribution >= 0.6 is 0 Å². The van der Waals surface area contributed by atoms with Crippen LogP contribution in [0.15, 0.2) is 66.0 Å². The fourth-order valence-electron chi connectivity index (χ4n) is 2.91. The molecule has 1 amide bonds. The topological polar surface area (TPSA) is 101 Å². The summed E-state index contributed by atoms with van der Waals surface area (Å²) in [5.74, 6) is -1.04. The Hall–Kier alpha value is -3.95. The molecule has 0 aliphatic rings. The highest BCUT2D eigenvalue weighted by Crippen LogP contribution is 2.34. The lowest BCUT2D eigenvalue weighted by Crippen LogP contribution is -2.14. The fourth-order valence-corrected chi connectivity index (χ4v) is 2.91. The minimum absolute atomic E-state index is 0.0801. The van der Waals surface area contributed by atoms with Gasteiger partial charge in [0, 0.05) is 18.0 Å². The second kappa shape index (κ2) is 8.82. The number of alkyl halides is 3. The van der Waals surface area contributed by atoms with E-state index in [1.807, 2.05) is 0 Å². The molecule has 0 fully saturated rings.